The van der Waals surface area contributed by atoms with E-state index in [4.69, 9.17) is 4.74 Å². The number of hydrogen-bond acceptors (Lipinski definition) is 8. The Morgan fingerprint density at radius 2 is 2.26 bits per heavy atom. The second-order valence-corrected chi connectivity index (χ2v) is 4.55. The van der Waals surface area contributed by atoms with Gasteiger partial charge in [-0.05, 0) is 6.92 Å². The Bertz CT molecular complexity index is 476. The summed E-state index contributed by atoms with van der Waals surface area (Å²) in [6, 6.07) is 0. The molecule has 0 saturated heterocycles. The summed E-state index contributed by atoms with van der Waals surface area (Å²) < 4.78 is 12.9. The minimum absolute atomic E-state index is 0.179. The van der Waals surface area contributed by atoms with E-state index in [-0.39, 0.29) is 6.61 Å². The molecule has 1 atom stereocenters. The van der Waals surface area contributed by atoms with Crippen molar-refractivity contribution in [2.45, 2.75) is 19.6 Å². The molecule has 0 aliphatic rings. The van der Waals surface area contributed by atoms with Gasteiger partial charge in [-0.15, -0.1) is 4.37 Å². The van der Waals surface area contributed by atoms with Crippen LogP contribution in [0.25, 0.3) is 0 Å². The van der Waals surface area contributed by atoms with Gasteiger partial charge in [0.1, 0.15) is 18.9 Å². The number of nitrogens with zero attached hydrogens (tertiary/aromatic N) is 4. The molecule has 102 valence electrons. The smallest absolute Gasteiger partial charge is 0.245 e. The van der Waals surface area contributed by atoms with Crippen LogP contribution < -0.4 is 10.1 Å². The van der Waals surface area contributed by atoms with E-state index in [1.165, 1.54) is 6.20 Å². The first kappa shape index (κ1) is 13.8. The number of ether oxygens (including phenoxy) is 1. The first-order valence-corrected chi connectivity index (χ1v) is 6.54. The number of aliphatic hydroxyl groups excluding tert-OH is 1. The van der Waals surface area contributed by atoms with E-state index >= 15 is 0 Å². The summed E-state index contributed by atoms with van der Waals surface area (Å²) >= 11 is 1.07. The zero-order valence-corrected chi connectivity index (χ0v) is 11.3. The van der Waals surface area contributed by atoms with Crippen molar-refractivity contribution >= 4 is 11.7 Å². The lowest BCUT2D eigenvalue weighted by atomic mass is 10.3. The Balaban J connectivity index is 1.63. The number of nitrogens with one attached hydrogen (secondary N) is 1. The zero-order chi connectivity index (χ0) is 13.5. The third kappa shape index (κ3) is 4.86. The monoisotopic (exact) mass is 281 g/mol. The van der Waals surface area contributed by atoms with Crippen molar-refractivity contribution in [1.82, 2.24) is 24.0 Å². The van der Waals surface area contributed by atoms with Gasteiger partial charge in [0.2, 0.25) is 5.88 Å². The van der Waals surface area contributed by atoms with Crippen molar-refractivity contribution in [1.29, 1.82) is 0 Å². The van der Waals surface area contributed by atoms with E-state index in [2.05, 4.69) is 24.0 Å². The maximum atomic E-state index is 9.70. The highest BCUT2D eigenvalue weighted by molar-refractivity contribution is 6.99. The summed E-state index contributed by atoms with van der Waals surface area (Å²) in [7, 11) is 0. The van der Waals surface area contributed by atoms with Gasteiger partial charge in [-0.2, -0.15) is 4.37 Å². The molecule has 0 aliphatic heterocycles. The maximum Gasteiger partial charge on any atom is 0.245 e. The van der Waals surface area contributed by atoms with E-state index in [0.717, 1.165) is 23.1 Å². The molecular formula is C11H15N5O2S. The molecule has 0 amide bonds. The Morgan fingerprint density at radius 3 is 2.95 bits per heavy atom. The Morgan fingerprint density at radius 1 is 1.37 bits per heavy atom. The molecule has 0 spiro atoms. The third-order valence-electron chi connectivity index (χ3n) is 2.29. The van der Waals surface area contributed by atoms with Gasteiger partial charge < -0.3 is 15.2 Å². The lowest BCUT2D eigenvalue weighted by Crippen LogP contribution is -2.31. The van der Waals surface area contributed by atoms with Crippen LogP contribution in [-0.2, 0) is 6.54 Å². The fourth-order valence-corrected chi connectivity index (χ4v) is 1.70. The largest absolute Gasteiger partial charge is 0.473 e. The predicted molar refractivity (Wildman–Crippen MR) is 69.9 cm³/mol. The average molecular weight is 281 g/mol. The minimum Gasteiger partial charge on any atom is -0.473 e. The van der Waals surface area contributed by atoms with Gasteiger partial charge in [0.05, 0.1) is 23.1 Å². The average Bonchev–Trinajstić information content (AvgIpc) is 2.92. The highest BCUT2D eigenvalue weighted by Crippen LogP contribution is 2.05. The molecule has 2 heterocycles. The molecule has 2 rings (SSSR count). The van der Waals surface area contributed by atoms with Gasteiger partial charge >= 0.3 is 0 Å². The molecule has 0 aliphatic carbocycles. The van der Waals surface area contributed by atoms with Crippen molar-refractivity contribution < 1.29 is 9.84 Å². The van der Waals surface area contributed by atoms with Crippen LogP contribution in [0, 0.1) is 6.92 Å². The van der Waals surface area contributed by atoms with E-state index < -0.39 is 6.10 Å². The fourth-order valence-electron chi connectivity index (χ4n) is 1.34. The van der Waals surface area contributed by atoms with E-state index in [1.54, 1.807) is 12.4 Å². The third-order valence-corrected chi connectivity index (χ3v) is 2.75. The SMILES string of the molecule is Cc1cnc(CNCC(O)COc2cnsn2)cn1. The van der Waals surface area contributed by atoms with Crippen LogP contribution in [0.2, 0.25) is 0 Å². The highest BCUT2D eigenvalue weighted by atomic mass is 32.1. The van der Waals surface area contributed by atoms with E-state index in [1.807, 2.05) is 6.92 Å². The van der Waals surface area contributed by atoms with Crippen LogP contribution in [0.1, 0.15) is 11.4 Å². The number of aliphatic hydroxyl groups is 1. The highest BCUT2D eigenvalue weighted by Gasteiger charge is 2.06. The summed E-state index contributed by atoms with van der Waals surface area (Å²) in [6.07, 6.45) is 4.34. The van der Waals surface area contributed by atoms with Crippen LogP contribution >= 0.6 is 11.7 Å². The number of rotatable bonds is 7. The van der Waals surface area contributed by atoms with Crippen LogP contribution in [0.3, 0.4) is 0 Å². The summed E-state index contributed by atoms with van der Waals surface area (Å²) in [6.45, 7) is 3.03. The molecule has 7 nitrogen and oxygen atoms in total. The number of aromatic nitrogens is 4. The van der Waals surface area contributed by atoms with Crippen molar-refractivity contribution in [3.63, 3.8) is 0 Å². The van der Waals surface area contributed by atoms with Crippen molar-refractivity contribution in [3.8, 4) is 5.88 Å². The molecule has 1 unspecified atom stereocenters. The second kappa shape index (κ2) is 7.07. The topological polar surface area (TPSA) is 93.1 Å². The molecule has 8 heteroatoms. The van der Waals surface area contributed by atoms with E-state index in [0.29, 0.717) is 19.0 Å². The molecule has 2 aromatic heterocycles. The maximum absolute atomic E-state index is 9.70. The van der Waals surface area contributed by atoms with Gasteiger partial charge in [-0.1, -0.05) is 0 Å². The van der Waals surface area contributed by atoms with Crippen molar-refractivity contribution in [2.75, 3.05) is 13.2 Å². The summed E-state index contributed by atoms with van der Waals surface area (Å²) in [4.78, 5) is 8.35. The molecule has 0 bridgehead atoms. The Hall–Kier alpha value is -1.64. The van der Waals surface area contributed by atoms with Crippen LogP contribution in [0.15, 0.2) is 18.6 Å². The number of hydrogen-bond donors (Lipinski definition) is 2. The van der Waals surface area contributed by atoms with Gasteiger partial charge in [-0.25, -0.2) is 0 Å². The first-order chi connectivity index (χ1) is 9.24. The lowest BCUT2D eigenvalue weighted by molar-refractivity contribution is 0.104. The summed E-state index contributed by atoms with van der Waals surface area (Å²) in [5.74, 6) is 0.438. The van der Waals surface area contributed by atoms with Crippen LogP contribution in [-0.4, -0.2) is 43.1 Å². The Kier molecular flexibility index (Phi) is 5.13. The molecule has 19 heavy (non-hydrogen) atoms. The Labute approximate surface area is 115 Å². The molecule has 0 aromatic carbocycles. The van der Waals surface area contributed by atoms with Gasteiger partial charge in [0.25, 0.3) is 0 Å². The molecule has 0 fully saturated rings. The molecule has 2 N–H and O–H groups in total. The minimum atomic E-state index is -0.611. The number of aryl methyl sites for hydroxylation is 1. The zero-order valence-electron chi connectivity index (χ0n) is 10.5. The van der Waals surface area contributed by atoms with Gasteiger partial charge in [0.15, 0.2) is 0 Å². The van der Waals surface area contributed by atoms with Crippen molar-refractivity contribution in [2.24, 2.45) is 0 Å². The van der Waals surface area contributed by atoms with Crippen LogP contribution in [0.4, 0.5) is 0 Å². The van der Waals surface area contributed by atoms with Crippen LogP contribution in [0.5, 0.6) is 5.88 Å². The summed E-state index contributed by atoms with van der Waals surface area (Å²) in [5.41, 5.74) is 1.72. The molecule has 0 saturated carbocycles. The van der Waals surface area contributed by atoms with Gasteiger partial charge in [0, 0.05) is 25.5 Å². The fraction of sp³-hybridized carbons (Fsp3) is 0.455. The van der Waals surface area contributed by atoms with Gasteiger partial charge in [-0.3, -0.25) is 9.97 Å². The molecule has 2 aromatic rings. The standard InChI is InChI=1S/C11H15N5O2S/c1-8-2-14-9(4-13-8)3-12-5-10(17)7-18-11-6-15-19-16-11/h2,4,6,10,12,17H,3,5,7H2,1H3. The second-order valence-electron chi connectivity index (χ2n) is 3.99. The molecular weight excluding hydrogens is 266 g/mol. The first-order valence-electron chi connectivity index (χ1n) is 5.80. The van der Waals surface area contributed by atoms with Crippen molar-refractivity contribution in [3.05, 3.63) is 30.0 Å². The van der Waals surface area contributed by atoms with E-state index in [9.17, 15) is 5.11 Å². The quantitative estimate of drug-likeness (QED) is 0.747. The molecule has 0 radical (unpaired) electrons. The normalized spacial score (nSPS) is 12.3. The lowest BCUT2D eigenvalue weighted by Gasteiger charge is -2.11. The predicted octanol–water partition coefficient (Wildman–Crippen LogP) is 0.166. The summed E-state index contributed by atoms with van der Waals surface area (Å²) in [5, 5.41) is 12.8.